The second kappa shape index (κ2) is 16.1. The lowest BCUT2D eigenvalue weighted by Gasteiger charge is -2.14. The molecule has 0 saturated carbocycles. The summed E-state index contributed by atoms with van der Waals surface area (Å²) in [5.41, 5.74) is -1.78. The first-order valence-electron chi connectivity index (χ1n) is 14.9. The zero-order valence-corrected chi connectivity index (χ0v) is 25.9. The van der Waals surface area contributed by atoms with E-state index in [0.717, 1.165) is 24.0 Å². The predicted molar refractivity (Wildman–Crippen MR) is 160 cm³/mol. The number of sulfonamides is 1. The highest BCUT2D eigenvalue weighted by atomic mass is 32.2. The summed E-state index contributed by atoms with van der Waals surface area (Å²) in [4.78, 5) is 23.5. The van der Waals surface area contributed by atoms with E-state index >= 15 is 0 Å². The van der Waals surface area contributed by atoms with Gasteiger partial charge in [-0.1, -0.05) is 117 Å². The molecule has 40 heavy (non-hydrogen) atoms. The fraction of sp³-hybridized carbons (Fsp3) is 0.700. The molecule has 2 rings (SSSR count). The van der Waals surface area contributed by atoms with Crippen LogP contribution >= 0.6 is 0 Å². The lowest BCUT2D eigenvalue weighted by molar-refractivity contribution is -0.387. The Balaban J connectivity index is 1.90. The molecule has 0 fully saturated rings. The molecule has 9 nitrogen and oxygen atoms in total. The van der Waals surface area contributed by atoms with Gasteiger partial charge in [-0.05, 0) is 25.0 Å². The number of nitro benzene ring substituents is 1. The van der Waals surface area contributed by atoms with E-state index in [-0.39, 0.29) is 17.8 Å². The second-order valence-corrected chi connectivity index (χ2v) is 13.5. The Morgan fingerprint density at radius 3 is 1.85 bits per heavy atom. The van der Waals surface area contributed by atoms with Gasteiger partial charge in [-0.15, -0.1) is 4.74 Å². The molecule has 10 heteroatoms. The number of hydrogen-bond acceptors (Lipinski definition) is 6. The van der Waals surface area contributed by atoms with Gasteiger partial charge in [0.1, 0.15) is 5.76 Å². The molecule has 0 atom stereocenters. The molecule has 0 bridgehead atoms. The quantitative estimate of drug-likeness (QED) is 0.103. The van der Waals surface area contributed by atoms with Crippen molar-refractivity contribution in [2.75, 3.05) is 6.54 Å². The number of nitrogens with zero attached hydrogens (tertiary/aromatic N) is 2. The van der Waals surface area contributed by atoms with Crippen molar-refractivity contribution in [1.82, 2.24) is 9.46 Å². The van der Waals surface area contributed by atoms with E-state index in [1.807, 2.05) is 20.8 Å². The molecule has 0 saturated heterocycles. The average Bonchev–Trinajstić information content (AvgIpc) is 3.28. The number of hydrogen-bond donors (Lipinski definition) is 1. The molecule has 0 spiro atoms. The largest absolute Gasteiger partial charge is 0.375 e. The van der Waals surface area contributed by atoms with Crippen molar-refractivity contribution in [2.24, 2.45) is 0 Å². The van der Waals surface area contributed by atoms with Crippen molar-refractivity contribution in [3.05, 3.63) is 50.0 Å². The van der Waals surface area contributed by atoms with Gasteiger partial charge in [0, 0.05) is 18.0 Å². The smallest absolute Gasteiger partial charge is 0.316 e. The van der Waals surface area contributed by atoms with Crippen LogP contribution in [0.4, 0.5) is 5.69 Å². The van der Waals surface area contributed by atoms with Crippen LogP contribution in [0.2, 0.25) is 0 Å². The number of nitrogens with one attached hydrogen (secondary N) is 1. The van der Waals surface area contributed by atoms with Crippen LogP contribution < -0.4 is 10.3 Å². The van der Waals surface area contributed by atoms with Crippen LogP contribution in [0.3, 0.4) is 0 Å². The second-order valence-electron chi connectivity index (χ2n) is 11.8. The molecule has 0 radical (unpaired) electrons. The van der Waals surface area contributed by atoms with Gasteiger partial charge in [0.25, 0.3) is 5.56 Å². The van der Waals surface area contributed by atoms with Gasteiger partial charge in [0.05, 0.1) is 4.92 Å². The van der Waals surface area contributed by atoms with E-state index in [4.69, 9.17) is 4.52 Å². The van der Waals surface area contributed by atoms with Crippen LogP contribution in [-0.2, 0) is 15.4 Å². The number of benzene rings is 1. The van der Waals surface area contributed by atoms with E-state index in [1.165, 1.54) is 89.3 Å². The molecule has 0 aliphatic rings. The molecular weight excluding hydrogens is 530 g/mol. The Hall–Kier alpha value is -2.46. The van der Waals surface area contributed by atoms with E-state index < -0.39 is 36.5 Å². The lowest BCUT2D eigenvalue weighted by atomic mass is 9.94. The van der Waals surface area contributed by atoms with Crippen LogP contribution in [-0.4, -0.2) is 24.6 Å². The SMILES string of the molecule is CCCCCCCCCCCCCCCCNS(=O)(=O)c1c(C)ccc(-n2oc(C(C)(C)C)cc2=O)c1[N+](=O)[O-]. The van der Waals surface area contributed by atoms with Crippen LogP contribution in [0.5, 0.6) is 0 Å². The molecule has 0 unspecified atom stereocenters. The van der Waals surface area contributed by atoms with E-state index in [9.17, 15) is 23.3 Å². The molecular formula is C30H49N3O6S. The van der Waals surface area contributed by atoms with Gasteiger partial charge < -0.3 is 4.52 Å². The highest BCUT2D eigenvalue weighted by Crippen LogP contribution is 2.34. The van der Waals surface area contributed by atoms with Crippen molar-refractivity contribution in [3.63, 3.8) is 0 Å². The van der Waals surface area contributed by atoms with Gasteiger partial charge in [0.2, 0.25) is 10.0 Å². The van der Waals surface area contributed by atoms with Gasteiger partial charge in [-0.25, -0.2) is 13.1 Å². The highest BCUT2D eigenvalue weighted by molar-refractivity contribution is 7.89. The third-order valence-electron chi connectivity index (χ3n) is 7.18. The van der Waals surface area contributed by atoms with Gasteiger partial charge >= 0.3 is 5.69 Å². The van der Waals surface area contributed by atoms with Crippen molar-refractivity contribution in [1.29, 1.82) is 0 Å². The summed E-state index contributed by atoms with van der Waals surface area (Å²) in [6.45, 7) is 9.46. The van der Waals surface area contributed by atoms with Crippen LogP contribution in [0.1, 0.15) is 129 Å². The molecule has 1 aromatic carbocycles. The van der Waals surface area contributed by atoms with Gasteiger partial charge in [-0.3, -0.25) is 14.9 Å². The maximum Gasteiger partial charge on any atom is 0.316 e. The summed E-state index contributed by atoms with van der Waals surface area (Å²) in [6, 6.07) is 4.07. The van der Waals surface area contributed by atoms with Crippen molar-refractivity contribution in [2.45, 2.75) is 135 Å². The maximum atomic E-state index is 13.2. The normalized spacial score (nSPS) is 12.2. The summed E-state index contributed by atoms with van der Waals surface area (Å²) >= 11 is 0. The van der Waals surface area contributed by atoms with Crippen LogP contribution in [0.25, 0.3) is 5.69 Å². The first-order valence-corrected chi connectivity index (χ1v) is 16.4. The van der Waals surface area contributed by atoms with E-state index in [1.54, 1.807) is 0 Å². The summed E-state index contributed by atoms with van der Waals surface area (Å²) in [5.74, 6) is 0.340. The number of aryl methyl sites for hydroxylation is 1. The monoisotopic (exact) mass is 579 g/mol. The Morgan fingerprint density at radius 1 is 0.900 bits per heavy atom. The zero-order chi connectivity index (χ0) is 29.8. The van der Waals surface area contributed by atoms with Crippen molar-refractivity contribution >= 4 is 15.7 Å². The molecule has 226 valence electrons. The van der Waals surface area contributed by atoms with Gasteiger partial charge in [-0.2, -0.15) is 0 Å². The first-order chi connectivity index (χ1) is 18.9. The summed E-state index contributed by atoms with van der Waals surface area (Å²) in [6.07, 6.45) is 16.8. The third kappa shape index (κ3) is 10.2. The molecule has 0 aliphatic carbocycles. The fourth-order valence-corrected chi connectivity index (χ4v) is 6.28. The van der Waals surface area contributed by atoms with Crippen molar-refractivity contribution < 1.29 is 17.9 Å². The van der Waals surface area contributed by atoms with Gasteiger partial charge in [0.15, 0.2) is 10.6 Å². The Kier molecular flexibility index (Phi) is 13.6. The molecule has 1 aromatic heterocycles. The van der Waals surface area contributed by atoms with E-state index in [2.05, 4.69) is 11.6 Å². The predicted octanol–water partition coefficient (Wildman–Crippen LogP) is 7.70. The topological polar surface area (TPSA) is 124 Å². The summed E-state index contributed by atoms with van der Waals surface area (Å²) < 4.78 is 35.4. The summed E-state index contributed by atoms with van der Waals surface area (Å²) in [7, 11) is -4.20. The Bertz CT molecular complexity index is 1240. The van der Waals surface area contributed by atoms with E-state index in [0.29, 0.717) is 12.2 Å². The molecule has 2 aromatic rings. The molecule has 1 N–H and O–H groups in total. The zero-order valence-electron chi connectivity index (χ0n) is 25.1. The summed E-state index contributed by atoms with van der Waals surface area (Å²) in [5, 5.41) is 12.1. The average molecular weight is 580 g/mol. The minimum atomic E-state index is -4.20. The number of aromatic nitrogens is 1. The fourth-order valence-electron chi connectivity index (χ4n) is 4.80. The third-order valence-corrected chi connectivity index (χ3v) is 8.82. The standard InChI is InChI=1S/C30H49N3O6S/c1-6-7-8-9-10-11-12-13-14-15-16-17-18-19-22-31-40(37,38)29-24(2)20-21-25(28(29)33(35)36)32-27(34)23-26(39-32)30(3,4)5/h20-21,23,31H,6-19,22H2,1-5H3. The van der Waals surface area contributed by atoms with Crippen LogP contribution in [0, 0.1) is 17.0 Å². The lowest BCUT2D eigenvalue weighted by Crippen LogP contribution is -2.27. The Labute approximate surface area is 239 Å². The number of unbranched alkanes of at least 4 members (excludes halogenated alkanes) is 13. The molecule has 0 aliphatic heterocycles. The minimum absolute atomic E-state index is 0.191. The van der Waals surface area contributed by atoms with Crippen molar-refractivity contribution in [3.8, 4) is 5.69 Å². The minimum Gasteiger partial charge on any atom is -0.375 e. The number of rotatable bonds is 19. The number of nitro groups is 1. The van der Waals surface area contributed by atoms with Crippen LogP contribution in [0.15, 0.2) is 32.4 Å². The maximum absolute atomic E-state index is 13.2. The molecule has 0 amide bonds. The first kappa shape index (κ1) is 33.7. The molecule has 1 heterocycles. The highest BCUT2D eigenvalue weighted by Gasteiger charge is 2.34. The Morgan fingerprint density at radius 2 is 1.40 bits per heavy atom.